The third-order valence-corrected chi connectivity index (χ3v) is 8.45. The van der Waals surface area contributed by atoms with Gasteiger partial charge in [-0.15, -0.1) is 0 Å². The van der Waals surface area contributed by atoms with Crippen molar-refractivity contribution >= 4 is 35.5 Å². The van der Waals surface area contributed by atoms with Gasteiger partial charge in [-0.2, -0.15) is 5.26 Å². The molecule has 2 aliphatic rings. The lowest BCUT2D eigenvalue weighted by atomic mass is 9.62. The Balaban J connectivity index is 1.88. The molecule has 0 unspecified atom stereocenters. The zero-order chi connectivity index (χ0) is 31.0. The summed E-state index contributed by atoms with van der Waals surface area (Å²) in [4.78, 5) is 28.1. The maximum atomic E-state index is 15.9. The van der Waals surface area contributed by atoms with Gasteiger partial charge in [-0.25, -0.2) is 8.78 Å². The van der Waals surface area contributed by atoms with E-state index >= 15 is 8.78 Å². The molecule has 0 saturated carbocycles. The fourth-order valence-electron chi connectivity index (χ4n) is 6.25. The van der Waals surface area contributed by atoms with E-state index in [1.54, 1.807) is 13.8 Å². The normalized spacial score (nSPS) is 27.1. The van der Waals surface area contributed by atoms with E-state index in [0.29, 0.717) is 19.4 Å². The van der Waals surface area contributed by atoms with E-state index in [-0.39, 0.29) is 40.2 Å². The Morgan fingerprint density at radius 1 is 1.24 bits per heavy atom. The van der Waals surface area contributed by atoms with E-state index in [1.807, 2.05) is 20.8 Å². The summed E-state index contributed by atoms with van der Waals surface area (Å²) >= 11 is 12.3. The second-order valence-electron chi connectivity index (χ2n) is 12.5. The highest BCUT2D eigenvalue weighted by atomic mass is 35.5. The minimum atomic E-state index is -1.89. The Morgan fingerprint density at radius 3 is 2.52 bits per heavy atom. The van der Waals surface area contributed by atoms with Crippen LogP contribution in [-0.4, -0.2) is 54.3 Å². The number of amides is 2. The van der Waals surface area contributed by atoms with Crippen LogP contribution in [0.15, 0.2) is 36.4 Å². The lowest BCUT2D eigenvalue weighted by Gasteiger charge is -2.38. The molecule has 2 amide bonds. The maximum Gasteiger partial charge on any atom is 0.243 e. The van der Waals surface area contributed by atoms with Gasteiger partial charge in [-0.05, 0) is 55.9 Å². The second-order valence-corrected chi connectivity index (χ2v) is 13.4. The predicted octanol–water partition coefficient (Wildman–Crippen LogP) is 6.12. The molecule has 1 N–H and O–H groups in total. The molecule has 4 rings (SSSR count). The molecule has 2 heterocycles. The molecule has 0 spiro atoms. The molecule has 2 fully saturated rings. The number of ether oxygens (including phenoxy) is 2. The van der Waals surface area contributed by atoms with E-state index in [9.17, 15) is 14.9 Å². The summed E-state index contributed by atoms with van der Waals surface area (Å²) in [5.74, 6) is -4.33. The van der Waals surface area contributed by atoms with E-state index < -0.39 is 52.2 Å². The van der Waals surface area contributed by atoms with Crippen LogP contribution in [0.3, 0.4) is 0 Å². The Kier molecular flexibility index (Phi) is 9.25. The summed E-state index contributed by atoms with van der Waals surface area (Å²) in [7, 11) is 0. The molecule has 2 aromatic carbocycles. The van der Waals surface area contributed by atoms with Crippen LogP contribution in [-0.2, 0) is 24.5 Å². The smallest absolute Gasteiger partial charge is 0.243 e. The molecule has 5 atom stereocenters. The van der Waals surface area contributed by atoms with Crippen LogP contribution < -0.4 is 5.32 Å². The van der Waals surface area contributed by atoms with Crippen molar-refractivity contribution in [3.63, 3.8) is 0 Å². The van der Waals surface area contributed by atoms with Crippen molar-refractivity contribution < 1.29 is 27.8 Å². The number of nitrogens with zero attached hydrogens (tertiary/aromatic N) is 2. The van der Waals surface area contributed by atoms with Gasteiger partial charge < -0.3 is 19.7 Å². The van der Waals surface area contributed by atoms with Crippen LogP contribution in [0, 0.1) is 28.4 Å². The molecule has 0 bridgehead atoms. The van der Waals surface area contributed by atoms with Gasteiger partial charge in [0.1, 0.15) is 23.1 Å². The number of halogens is 4. The van der Waals surface area contributed by atoms with Crippen molar-refractivity contribution in [2.45, 2.75) is 82.8 Å². The Bertz CT molecular complexity index is 1390. The number of hydrogen-bond donors (Lipinski definition) is 1. The highest BCUT2D eigenvalue weighted by Crippen LogP contribution is 2.56. The molecule has 2 saturated heterocycles. The minimum Gasteiger partial charge on any atom is -0.354 e. The van der Waals surface area contributed by atoms with Gasteiger partial charge in [-0.1, -0.05) is 62.2 Å². The van der Waals surface area contributed by atoms with Crippen molar-refractivity contribution in [3.05, 3.63) is 69.2 Å². The van der Waals surface area contributed by atoms with Crippen molar-refractivity contribution in [2.24, 2.45) is 5.41 Å². The largest absolute Gasteiger partial charge is 0.354 e. The second kappa shape index (κ2) is 12.1. The molecule has 2 aliphatic heterocycles. The van der Waals surface area contributed by atoms with Crippen LogP contribution in [0.2, 0.25) is 10.0 Å². The van der Waals surface area contributed by atoms with Crippen LogP contribution in [0.1, 0.15) is 64.5 Å². The number of benzene rings is 2. The monoisotopic (exact) mass is 621 g/mol. The summed E-state index contributed by atoms with van der Waals surface area (Å²) in [6.07, 6.45) is 0.841. The van der Waals surface area contributed by atoms with Gasteiger partial charge in [-0.3, -0.25) is 9.59 Å². The standard InChI is InChI=1S/C31H35Cl2F2N3O4/c1-29(2,3)14-24-31(16-36,21-10-9-18(32)13-23(21)34)25(20-7-6-8-22(33)26(20)35)27(38(24)17-39)28(40)37-12-11-19-15-41-30(4,5)42-19/h6-10,13,17,19,24-25,27H,11-12,14-15H2,1-5H3,(H,37,40)/t19-,24-,25-,27+,31-/m0/s1. The first-order valence-corrected chi connectivity index (χ1v) is 14.5. The van der Waals surface area contributed by atoms with Crippen LogP contribution in [0.4, 0.5) is 8.78 Å². The molecule has 7 nitrogen and oxygen atoms in total. The zero-order valence-electron chi connectivity index (χ0n) is 24.2. The van der Waals surface area contributed by atoms with Gasteiger partial charge in [0.2, 0.25) is 12.3 Å². The van der Waals surface area contributed by atoms with Crippen molar-refractivity contribution in [3.8, 4) is 6.07 Å². The lowest BCUT2D eigenvalue weighted by Crippen LogP contribution is -2.48. The van der Waals surface area contributed by atoms with Gasteiger partial charge in [0.15, 0.2) is 5.79 Å². The van der Waals surface area contributed by atoms with E-state index in [4.69, 9.17) is 32.7 Å². The molecule has 11 heteroatoms. The zero-order valence-corrected chi connectivity index (χ0v) is 25.7. The summed E-state index contributed by atoms with van der Waals surface area (Å²) in [5, 5.41) is 13.7. The number of likely N-dealkylation sites (tertiary alicyclic amines) is 1. The number of carbonyl (C=O) groups excluding carboxylic acids is 2. The van der Waals surface area contributed by atoms with Crippen LogP contribution >= 0.6 is 23.2 Å². The number of nitrogens with one attached hydrogen (secondary N) is 1. The summed E-state index contributed by atoms with van der Waals surface area (Å²) in [6, 6.07) is 8.02. The van der Waals surface area contributed by atoms with Gasteiger partial charge in [0.05, 0.1) is 29.8 Å². The molecular formula is C31H35Cl2F2N3O4. The first-order valence-electron chi connectivity index (χ1n) is 13.8. The summed E-state index contributed by atoms with van der Waals surface area (Å²) in [6.45, 7) is 9.82. The van der Waals surface area contributed by atoms with Gasteiger partial charge >= 0.3 is 0 Å². The average molecular weight is 623 g/mol. The van der Waals surface area contributed by atoms with Crippen molar-refractivity contribution in [2.75, 3.05) is 13.2 Å². The Morgan fingerprint density at radius 2 is 1.95 bits per heavy atom. The summed E-state index contributed by atoms with van der Waals surface area (Å²) in [5.41, 5.74) is -2.53. The molecular weight excluding hydrogens is 587 g/mol. The first-order chi connectivity index (χ1) is 19.6. The average Bonchev–Trinajstić information content (AvgIpc) is 3.38. The first kappa shape index (κ1) is 32.2. The highest BCUT2D eigenvalue weighted by Gasteiger charge is 2.64. The summed E-state index contributed by atoms with van der Waals surface area (Å²) < 4.78 is 43.1. The number of rotatable bonds is 8. The Labute approximate surface area is 255 Å². The minimum absolute atomic E-state index is 0.0731. The maximum absolute atomic E-state index is 15.9. The van der Waals surface area contributed by atoms with Gasteiger partial charge in [0, 0.05) is 23.0 Å². The Hall–Kier alpha value is -2.77. The molecule has 0 aromatic heterocycles. The molecule has 42 heavy (non-hydrogen) atoms. The van der Waals surface area contributed by atoms with E-state index in [0.717, 1.165) is 6.07 Å². The molecule has 0 radical (unpaired) electrons. The van der Waals surface area contributed by atoms with E-state index in [2.05, 4.69) is 11.4 Å². The highest BCUT2D eigenvalue weighted by molar-refractivity contribution is 6.31. The topological polar surface area (TPSA) is 91.7 Å². The van der Waals surface area contributed by atoms with Crippen LogP contribution in [0.25, 0.3) is 0 Å². The fourth-order valence-corrected chi connectivity index (χ4v) is 6.59. The number of carbonyl (C=O) groups is 2. The fraction of sp³-hybridized carbons (Fsp3) is 0.516. The molecule has 226 valence electrons. The van der Waals surface area contributed by atoms with E-state index in [1.165, 1.54) is 35.2 Å². The predicted molar refractivity (Wildman–Crippen MR) is 155 cm³/mol. The molecule has 2 aromatic rings. The van der Waals surface area contributed by atoms with Crippen molar-refractivity contribution in [1.82, 2.24) is 10.2 Å². The van der Waals surface area contributed by atoms with Gasteiger partial charge in [0.25, 0.3) is 0 Å². The lowest BCUT2D eigenvalue weighted by molar-refractivity contribution is -0.139. The van der Waals surface area contributed by atoms with Crippen LogP contribution in [0.5, 0.6) is 0 Å². The molecule has 0 aliphatic carbocycles. The quantitative estimate of drug-likeness (QED) is 0.359. The third kappa shape index (κ3) is 6.14. The third-order valence-electron chi connectivity index (χ3n) is 7.92. The SMILES string of the molecule is CC(C)(C)C[C@@H]1N(C=O)[C@@H](C(=O)NCC[C@H]2COC(C)(C)O2)[C@H](c2cccc(Cl)c2F)[C@@]1(C#N)c1ccc(Cl)cc1F. The number of nitriles is 1. The van der Waals surface area contributed by atoms with Crippen molar-refractivity contribution in [1.29, 1.82) is 5.26 Å². The number of hydrogen-bond acceptors (Lipinski definition) is 5.